The Labute approximate surface area is 127 Å². The van der Waals surface area contributed by atoms with Crippen LogP contribution in [0.3, 0.4) is 0 Å². The lowest BCUT2D eigenvalue weighted by molar-refractivity contribution is -0.122. The van der Waals surface area contributed by atoms with Crippen LogP contribution in [0.1, 0.15) is 36.7 Å². The number of nitrogens with zero attached hydrogens (tertiary/aromatic N) is 2. The Hall–Kier alpha value is -2.28. The molecule has 0 spiro atoms. The van der Waals surface area contributed by atoms with Crippen molar-refractivity contribution in [3.63, 3.8) is 0 Å². The van der Waals surface area contributed by atoms with E-state index in [4.69, 9.17) is 4.52 Å². The SMILES string of the molecule is Cc1noc(CCC(=O)NC(C)C(O)c2ccc(F)cc2)n1. The molecule has 7 heteroatoms. The van der Waals surface area contributed by atoms with Gasteiger partial charge in [0.1, 0.15) is 5.82 Å². The highest BCUT2D eigenvalue weighted by Gasteiger charge is 2.18. The maximum Gasteiger partial charge on any atom is 0.227 e. The van der Waals surface area contributed by atoms with E-state index in [9.17, 15) is 14.3 Å². The number of nitrogens with one attached hydrogen (secondary N) is 1. The maximum atomic E-state index is 12.9. The first kappa shape index (κ1) is 16.1. The molecule has 0 radical (unpaired) electrons. The maximum absolute atomic E-state index is 12.9. The molecule has 0 fully saturated rings. The fourth-order valence-corrected chi connectivity index (χ4v) is 2.02. The smallest absolute Gasteiger partial charge is 0.227 e. The van der Waals surface area contributed by atoms with Gasteiger partial charge in [0.15, 0.2) is 5.82 Å². The molecule has 0 saturated heterocycles. The van der Waals surface area contributed by atoms with Crippen molar-refractivity contribution in [3.05, 3.63) is 47.4 Å². The fraction of sp³-hybridized carbons (Fsp3) is 0.400. The van der Waals surface area contributed by atoms with E-state index in [0.29, 0.717) is 23.7 Å². The lowest BCUT2D eigenvalue weighted by Gasteiger charge is -2.20. The zero-order valence-electron chi connectivity index (χ0n) is 12.4. The number of hydrogen-bond donors (Lipinski definition) is 2. The average molecular weight is 307 g/mol. The van der Waals surface area contributed by atoms with Crippen molar-refractivity contribution in [3.8, 4) is 0 Å². The molecule has 22 heavy (non-hydrogen) atoms. The van der Waals surface area contributed by atoms with E-state index in [2.05, 4.69) is 15.5 Å². The monoisotopic (exact) mass is 307 g/mol. The van der Waals surface area contributed by atoms with Crippen LogP contribution in [0.25, 0.3) is 0 Å². The van der Waals surface area contributed by atoms with Gasteiger partial charge < -0.3 is 14.9 Å². The second-order valence-electron chi connectivity index (χ2n) is 5.09. The van der Waals surface area contributed by atoms with Gasteiger partial charge in [0.05, 0.1) is 12.1 Å². The molecule has 118 valence electrons. The van der Waals surface area contributed by atoms with E-state index >= 15 is 0 Å². The summed E-state index contributed by atoms with van der Waals surface area (Å²) in [6.07, 6.45) is -0.385. The van der Waals surface area contributed by atoms with E-state index in [0.717, 1.165) is 0 Å². The number of rotatable bonds is 6. The Balaban J connectivity index is 1.83. The Bertz CT molecular complexity index is 627. The van der Waals surface area contributed by atoms with Crippen LogP contribution in [-0.4, -0.2) is 27.2 Å². The van der Waals surface area contributed by atoms with Gasteiger partial charge in [-0.2, -0.15) is 4.98 Å². The van der Waals surface area contributed by atoms with Crippen molar-refractivity contribution in [2.75, 3.05) is 0 Å². The van der Waals surface area contributed by atoms with Gasteiger partial charge in [-0.05, 0) is 31.5 Å². The summed E-state index contributed by atoms with van der Waals surface area (Å²) in [4.78, 5) is 15.9. The first-order valence-electron chi connectivity index (χ1n) is 6.98. The normalized spacial score (nSPS) is 13.6. The molecule has 0 aliphatic carbocycles. The topological polar surface area (TPSA) is 88.2 Å². The van der Waals surface area contributed by atoms with E-state index in [1.54, 1.807) is 13.8 Å². The average Bonchev–Trinajstić information content (AvgIpc) is 2.91. The molecule has 0 bridgehead atoms. The highest BCUT2D eigenvalue weighted by atomic mass is 19.1. The van der Waals surface area contributed by atoms with Gasteiger partial charge in [0.2, 0.25) is 11.8 Å². The number of aryl methyl sites for hydroxylation is 2. The molecule has 2 rings (SSSR count). The zero-order chi connectivity index (χ0) is 16.1. The number of aromatic nitrogens is 2. The van der Waals surface area contributed by atoms with E-state index in [1.807, 2.05) is 0 Å². The summed E-state index contributed by atoms with van der Waals surface area (Å²) in [5, 5.41) is 16.5. The van der Waals surface area contributed by atoms with Gasteiger partial charge in [0.25, 0.3) is 0 Å². The van der Waals surface area contributed by atoms with Crippen molar-refractivity contribution in [2.45, 2.75) is 38.8 Å². The molecular weight excluding hydrogens is 289 g/mol. The van der Waals surface area contributed by atoms with Crippen LogP contribution in [-0.2, 0) is 11.2 Å². The number of carbonyl (C=O) groups is 1. The molecule has 1 heterocycles. The summed E-state index contributed by atoms with van der Waals surface area (Å²) in [6, 6.07) is 5.02. The quantitative estimate of drug-likeness (QED) is 0.848. The first-order chi connectivity index (χ1) is 10.5. The molecule has 2 unspecified atom stereocenters. The van der Waals surface area contributed by atoms with Gasteiger partial charge in [-0.25, -0.2) is 4.39 Å². The van der Waals surface area contributed by atoms with Gasteiger partial charge in [-0.3, -0.25) is 4.79 Å². The van der Waals surface area contributed by atoms with Gasteiger partial charge in [0, 0.05) is 12.8 Å². The Kier molecular flexibility index (Phi) is 5.21. The lowest BCUT2D eigenvalue weighted by Crippen LogP contribution is -2.37. The summed E-state index contributed by atoms with van der Waals surface area (Å²) < 4.78 is 17.8. The second kappa shape index (κ2) is 7.13. The van der Waals surface area contributed by atoms with Gasteiger partial charge >= 0.3 is 0 Å². The second-order valence-corrected chi connectivity index (χ2v) is 5.09. The van der Waals surface area contributed by atoms with Gasteiger partial charge in [-0.15, -0.1) is 0 Å². The number of aliphatic hydroxyl groups is 1. The molecular formula is C15H18FN3O3. The number of carbonyl (C=O) groups excluding carboxylic acids is 1. The lowest BCUT2D eigenvalue weighted by atomic mass is 10.0. The van der Waals surface area contributed by atoms with E-state index < -0.39 is 12.1 Å². The number of hydrogen-bond acceptors (Lipinski definition) is 5. The highest BCUT2D eigenvalue weighted by Crippen LogP contribution is 2.17. The van der Waals surface area contributed by atoms with Crippen molar-refractivity contribution in [2.24, 2.45) is 0 Å². The van der Waals surface area contributed by atoms with Crippen molar-refractivity contribution < 1.29 is 18.8 Å². The minimum Gasteiger partial charge on any atom is -0.386 e. The standard InChI is InChI=1S/C15H18FN3O3/c1-9(15(21)11-3-5-12(16)6-4-11)17-13(20)7-8-14-18-10(2)19-22-14/h3-6,9,15,21H,7-8H2,1-2H3,(H,17,20). The zero-order valence-corrected chi connectivity index (χ0v) is 12.4. The van der Waals surface area contributed by atoms with Gasteiger partial charge in [-0.1, -0.05) is 17.3 Å². The third kappa shape index (κ3) is 4.36. The summed E-state index contributed by atoms with van der Waals surface area (Å²) in [7, 11) is 0. The molecule has 0 saturated carbocycles. The first-order valence-corrected chi connectivity index (χ1v) is 6.98. The molecule has 1 aromatic carbocycles. The van der Waals surface area contributed by atoms with E-state index in [-0.39, 0.29) is 18.1 Å². The minimum absolute atomic E-state index is 0.183. The van der Waals surface area contributed by atoms with Crippen molar-refractivity contribution in [1.29, 1.82) is 0 Å². The van der Waals surface area contributed by atoms with Crippen LogP contribution in [0.4, 0.5) is 4.39 Å². The minimum atomic E-state index is -0.907. The Morgan fingerprint density at radius 2 is 2.09 bits per heavy atom. The largest absolute Gasteiger partial charge is 0.386 e. The Morgan fingerprint density at radius 3 is 2.68 bits per heavy atom. The molecule has 1 aromatic heterocycles. The molecule has 6 nitrogen and oxygen atoms in total. The summed E-state index contributed by atoms with van der Waals surface area (Å²) in [5.41, 5.74) is 0.543. The summed E-state index contributed by atoms with van der Waals surface area (Å²) >= 11 is 0. The molecule has 0 aliphatic heterocycles. The number of benzene rings is 1. The number of amides is 1. The Morgan fingerprint density at radius 1 is 1.41 bits per heavy atom. The molecule has 2 N–H and O–H groups in total. The number of halogens is 1. The van der Waals surface area contributed by atoms with Crippen molar-refractivity contribution in [1.82, 2.24) is 15.5 Å². The van der Waals surface area contributed by atoms with Crippen LogP contribution in [0, 0.1) is 12.7 Å². The van der Waals surface area contributed by atoms with E-state index in [1.165, 1.54) is 24.3 Å². The van der Waals surface area contributed by atoms with Crippen LogP contribution in [0.5, 0.6) is 0 Å². The van der Waals surface area contributed by atoms with Crippen LogP contribution >= 0.6 is 0 Å². The fourth-order valence-electron chi connectivity index (χ4n) is 2.02. The number of aliphatic hydroxyl groups excluding tert-OH is 1. The van der Waals surface area contributed by atoms with Crippen LogP contribution in [0.15, 0.2) is 28.8 Å². The third-order valence-corrected chi connectivity index (χ3v) is 3.21. The predicted octanol–water partition coefficient (Wildman–Crippen LogP) is 1.69. The van der Waals surface area contributed by atoms with Crippen molar-refractivity contribution >= 4 is 5.91 Å². The molecule has 2 atom stereocenters. The predicted molar refractivity (Wildman–Crippen MR) is 76.3 cm³/mol. The molecule has 2 aromatic rings. The van der Waals surface area contributed by atoms with Crippen LogP contribution < -0.4 is 5.32 Å². The molecule has 1 amide bonds. The third-order valence-electron chi connectivity index (χ3n) is 3.21. The molecule has 0 aliphatic rings. The summed E-state index contributed by atoms with van der Waals surface area (Å²) in [5.74, 6) is 0.321. The summed E-state index contributed by atoms with van der Waals surface area (Å²) in [6.45, 7) is 3.39. The van der Waals surface area contributed by atoms with Crippen LogP contribution in [0.2, 0.25) is 0 Å². The highest BCUT2D eigenvalue weighted by molar-refractivity contribution is 5.76.